The van der Waals surface area contributed by atoms with Crippen molar-refractivity contribution in [2.24, 2.45) is 17.6 Å². The summed E-state index contributed by atoms with van der Waals surface area (Å²) >= 11 is 0. The first-order valence-electron chi connectivity index (χ1n) is 12.8. The normalized spacial score (nSPS) is 27.1. The number of hydrogen-bond donors (Lipinski definition) is 5. The second-order valence-corrected chi connectivity index (χ2v) is 10.9. The van der Waals surface area contributed by atoms with Crippen LogP contribution >= 0.6 is 0 Å². The highest BCUT2D eigenvalue weighted by Gasteiger charge is 2.64. The molecule has 0 saturated heterocycles. The highest BCUT2D eigenvalue weighted by Crippen LogP contribution is 2.53. The monoisotopic (exact) mass is 548 g/mol. The molecular weight excluding hydrogens is 520 g/mol. The molecule has 6 rings (SSSR count). The number of carbonyl (C=O) groups excluding carboxylic acids is 3. The fourth-order valence-electron chi connectivity index (χ4n) is 6.74. The van der Waals surface area contributed by atoms with Crippen LogP contribution in [0.2, 0.25) is 0 Å². The zero-order valence-electron chi connectivity index (χ0n) is 21.8. The summed E-state index contributed by atoms with van der Waals surface area (Å²) in [4.78, 5) is 40.7. The first-order chi connectivity index (χ1) is 18.9. The zero-order valence-corrected chi connectivity index (χ0v) is 21.8. The molecule has 2 aromatic rings. The van der Waals surface area contributed by atoms with Crippen molar-refractivity contribution in [1.82, 2.24) is 4.90 Å². The number of aliphatic hydroxyl groups excluding tert-OH is 2. The van der Waals surface area contributed by atoms with E-state index in [0.717, 1.165) is 11.1 Å². The number of phenols is 1. The lowest BCUT2D eigenvalue weighted by molar-refractivity contribution is -0.153. The molecule has 1 fully saturated rings. The van der Waals surface area contributed by atoms with E-state index in [1.807, 2.05) is 18.2 Å². The minimum absolute atomic E-state index is 0.0326. The molecule has 3 aliphatic carbocycles. The lowest BCUT2D eigenvalue weighted by Crippen LogP contribution is -2.65. The van der Waals surface area contributed by atoms with E-state index in [-0.39, 0.29) is 36.5 Å². The molecule has 11 heteroatoms. The van der Waals surface area contributed by atoms with Gasteiger partial charge in [-0.2, -0.15) is 0 Å². The summed E-state index contributed by atoms with van der Waals surface area (Å²) in [5.41, 5.74) is 4.08. The number of primary amides is 1. The van der Waals surface area contributed by atoms with E-state index in [4.69, 9.17) is 15.2 Å². The predicted octanol–water partition coefficient (Wildman–Crippen LogP) is 1.28. The number of ether oxygens (including phenoxy) is 2. The van der Waals surface area contributed by atoms with E-state index in [0.29, 0.717) is 23.5 Å². The minimum atomic E-state index is -2.66. The SMILES string of the molecule is CN(C)[C@@H]1C(=O)C(C(N)=O)=C(O)[C@@]2(O)C(=O)C3=C(O)c4c(O)ccc(Cc5ccc6c(c5)OCO6)c4C[C@H]3C[C@@H]12. The van der Waals surface area contributed by atoms with Crippen molar-refractivity contribution in [2.45, 2.75) is 30.9 Å². The molecule has 0 bridgehead atoms. The number of benzene rings is 2. The van der Waals surface area contributed by atoms with Crippen LogP contribution in [0.1, 0.15) is 28.7 Å². The number of Topliss-reactive ketones (excluding diaryl/α,β-unsaturated/α-hetero) is 2. The van der Waals surface area contributed by atoms with E-state index in [1.165, 1.54) is 11.0 Å². The molecule has 4 aliphatic rings. The number of rotatable bonds is 4. The zero-order chi connectivity index (χ0) is 28.7. The predicted molar refractivity (Wildman–Crippen MR) is 140 cm³/mol. The van der Waals surface area contributed by atoms with Crippen molar-refractivity contribution in [1.29, 1.82) is 0 Å². The molecule has 0 unspecified atom stereocenters. The van der Waals surface area contributed by atoms with Crippen molar-refractivity contribution < 1.29 is 44.3 Å². The molecule has 1 saturated carbocycles. The smallest absolute Gasteiger partial charge is 0.255 e. The van der Waals surface area contributed by atoms with Gasteiger partial charge in [0.1, 0.15) is 22.8 Å². The van der Waals surface area contributed by atoms with Gasteiger partial charge < -0.3 is 35.6 Å². The standard InChI is InChI=1S/C29H28N2O9/c1-31(2)23-16-10-14-9-15-13(7-12-3-6-18-19(8-12)40-11-39-18)4-5-17(32)21(15)24(33)20(14)26(35)29(16,38)27(36)22(25(23)34)28(30)37/h3-6,8,14,16,23,32-33,36,38H,7,9-11H2,1-2H3,(H2,30,37)/t14-,16-,23-,29-/m0/s1. The Labute approximate surface area is 228 Å². The van der Waals surface area contributed by atoms with Gasteiger partial charge in [-0.25, -0.2) is 0 Å². The van der Waals surface area contributed by atoms with Gasteiger partial charge in [-0.05, 0) is 74.2 Å². The minimum Gasteiger partial charge on any atom is -0.508 e. The maximum Gasteiger partial charge on any atom is 0.255 e. The summed E-state index contributed by atoms with van der Waals surface area (Å²) in [6, 6.07) is 7.60. The van der Waals surface area contributed by atoms with Crippen molar-refractivity contribution in [2.75, 3.05) is 20.9 Å². The second-order valence-electron chi connectivity index (χ2n) is 10.9. The Morgan fingerprint density at radius 3 is 2.52 bits per heavy atom. The van der Waals surface area contributed by atoms with Crippen molar-refractivity contribution in [3.63, 3.8) is 0 Å². The molecule has 0 spiro atoms. The van der Waals surface area contributed by atoms with Gasteiger partial charge in [0.2, 0.25) is 12.6 Å². The van der Waals surface area contributed by atoms with Gasteiger partial charge in [-0.3, -0.25) is 19.3 Å². The number of aliphatic hydroxyl groups is 3. The summed E-state index contributed by atoms with van der Waals surface area (Å²) in [5, 5.41) is 44.8. The quantitative estimate of drug-likeness (QED) is 0.349. The molecule has 1 aliphatic heterocycles. The van der Waals surface area contributed by atoms with Crippen LogP contribution in [0.15, 0.2) is 47.2 Å². The first-order valence-corrected chi connectivity index (χ1v) is 12.8. The van der Waals surface area contributed by atoms with Gasteiger partial charge >= 0.3 is 0 Å². The van der Waals surface area contributed by atoms with Crippen LogP contribution in [0.3, 0.4) is 0 Å². The van der Waals surface area contributed by atoms with Crippen LogP contribution < -0.4 is 15.2 Å². The third-order valence-electron chi connectivity index (χ3n) is 8.53. The Morgan fingerprint density at radius 2 is 1.82 bits per heavy atom. The summed E-state index contributed by atoms with van der Waals surface area (Å²) in [6.45, 7) is 0.139. The lowest BCUT2D eigenvalue weighted by atomic mass is 9.57. The molecule has 0 radical (unpaired) electrons. The molecule has 1 amide bonds. The third kappa shape index (κ3) is 3.47. The van der Waals surface area contributed by atoms with Gasteiger partial charge in [0.05, 0.1) is 11.6 Å². The largest absolute Gasteiger partial charge is 0.508 e. The fourth-order valence-corrected chi connectivity index (χ4v) is 6.74. The highest BCUT2D eigenvalue weighted by molar-refractivity contribution is 6.24. The van der Waals surface area contributed by atoms with Crippen LogP contribution in [0, 0.1) is 11.8 Å². The molecular formula is C29H28N2O9. The summed E-state index contributed by atoms with van der Waals surface area (Å²) in [5.74, 6) is -5.46. The molecule has 40 heavy (non-hydrogen) atoms. The number of aromatic hydroxyl groups is 1. The topological polar surface area (TPSA) is 180 Å². The van der Waals surface area contributed by atoms with Gasteiger partial charge in [-0.1, -0.05) is 12.1 Å². The number of hydrogen-bond acceptors (Lipinski definition) is 10. The van der Waals surface area contributed by atoms with E-state index in [1.54, 1.807) is 20.2 Å². The molecule has 2 aromatic carbocycles. The highest BCUT2D eigenvalue weighted by atomic mass is 16.7. The van der Waals surface area contributed by atoms with Crippen LogP contribution in [0.25, 0.3) is 5.76 Å². The van der Waals surface area contributed by atoms with E-state index in [2.05, 4.69) is 0 Å². The summed E-state index contributed by atoms with van der Waals surface area (Å²) in [7, 11) is 3.13. The third-order valence-corrected chi connectivity index (χ3v) is 8.53. The Morgan fingerprint density at radius 1 is 1.10 bits per heavy atom. The van der Waals surface area contributed by atoms with Crippen molar-refractivity contribution >= 4 is 23.2 Å². The van der Waals surface area contributed by atoms with E-state index in [9.17, 15) is 34.8 Å². The number of carbonyl (C=O) groups is 3. The van der Waals surface area contributed by atoms with Gasteiger partial charge in [0, 0.05) is 11.5 Å². The van der Waals surface area contributed by atoms with E-state index >= 15 is 0 Å². The van der Waals surface area contributed by atoms with Crippen molar-refractivity contribution in [3.8, 4) is 17.2 Å². The average molecular weight is 549 g/mol. The molecule has 11 nitrogen and oxygen atoms in total. The maximum atomic E-state index is 13.9. The average Bonchev–Trinajstić information content (AvgIpc) is 3.35. The summed E-state index contributed by atoms with van der Waals surface area (Å²) < 4.78 is 10.9. The van der Waals surface area contributed by atoms with Crippen LogP contribution in [-0.4, -0.2) is 75.3 Å². The second kappa shape index (κ2) is 8.83. The van der Waals surface area contributed by atoms with Crippen LogP contribution in [0.4, 0.5) is 0 Å². The summed E-state index contributed by atoms with van der Waals surface area (Å²) in [6.07, 6.45) is 0.688. The Balaban J connectivity index is 1.48. The molecule has 208 valence electrons. The lowest BCUT2D eigenvalue weighted by Gasteiger charge is -2.50. The van der Waals surface area contributed by atoms with Crippen LogP contribution in [0.5, 0.6) is 17.2 Å². The Hall–Kier alpha value is -4.35. The fraction of sp³-hybridized carbons (Fsp3) is 0.345. The molecule has 0 aromatic heterocycles. The molecule has 4 atom stereocenters. The Kier molecular flexibility index (Phi) is 5.72. The number of nitrogens with two attached hydrogens (primary N) is 1. The Bertz CT molecular complexity index is 1570. The number of fused-ring (bicyclic) bond motifs is 4. The number of amides is 1. The molecule has 1 heterocycles. The number of likely N-dealkylation sites (N-methyl/N-ethyl adjacent to an activating group) is 1. The first kappa shape index (κ1) is 25.9. The number of ketones is 2. The van der Waals surface area contributed by atoms with Crippen molar-refractivity contribution in [3.05, 3.63) is 69.5 Å². The maximum absolute atomic E-state index is 13.9. The van der Waals surface area contributed by atoms with Gasteiger partial charge in [-0.15, -0.1) is 0 Å². The number of phenolic OH excluding ortho intramolecular Hbond substituents is 1. The van der Waals surface area contributed by atoms with Crippen LogP contribution in [-0.2, 0) is 27.2 Å². The molecule has 6 N–H and O–H groups in total. The van der Waals surface area contributed by atoms with E-state index < -0.39 is 58.0 Å². The number of nitrogens with zero attached hydrogens (tertiary/aromatic N) is 1. The van der Waals surface area contributed by atoms with Gasteiger partial charge in [0.15, 0.2) is 22.9 Å². The van der Waals surface area contributed by atoms with Gasteiger partial charge in [0.25, 0.3) is 5.91 Å².